The Morgan fingerprint density at radius 2 is 2.08 bits per heavy atom. The van der Waals surface area contributed by atoms with Crippen molar-refractivity contribution in [2.45, 2.75) is 31.8 Å². The maximum Gasteiger partial charge on any atom is 0.254 e. The molecule has 0 aliphatic carbocycles. The number of aromatic nitrogens is 3. The third-order valence-electron chi connectivity index (χ3n) is 7.27. The van der Waals surface area contributed by atoms with Gasteiger partial charge in [0.05, 0.1) is 34.9 Å². The summed E-state index contributed by atoms with van der Waals surface area (Å²) in [7, 11) is 1.94. The Bertz CT molecular complexity index is 1640. The molecular weight excluding hydrogens is 488 g/mol. The lowest BCUT2D eigenvalue weighted by molar-refractivity contribution is 0.0858. The molecule has 3 N–H and O–H groups in total. The number of benzene rings is 1. The Morgan fingerprint density at radius 1 is 1.19 bits per heavy atom. The Balaban J connectivity index is 1.29. The number of pyridine rings is 1. The van der Waals surface area contributed by atoms with E-state index in [1.807, 2.05) is 42.2 Å². The van der Waals surface area contributed by atoms with Crippen molar-refractivity contribution in [1.82, 2.24) is 25.2 Å². The molecule has 0 spiro atoms. The standard InChI is InChI=1S/C27H26N6O3S/c1-28-14-21-25(15-5-9-35-10-6-15)37-27(32-21)31-20-3-2-16(18-12-29-26(34)23(18)20)19-13-30-33-8-4-22-17(24(19)33)7-11-36-22/h2-4,7-8,11,13,15,28H,5-6,9-10,12,14H2,1H3,(H,29,34)(H,31,32). The normalized spacial score (nSPS) is 16.0. The molecule has 0 saturated carbocycles. The third-order valence-corrected chi connectivity index (χ3v) is 8.45. The number of thiazole rings is 1. The molecule has 0 radical (unpaired) electrons. The number of anilines is 2. The lowest BCUT2D eigenvalue weighted by atomic mass is 9.96. The van der Waals surface area contributed by atoms with Gasteiger partial charge in [-0.05, 0) is 55.1 Å². The number of amides is 1. The molecule has 10 heteroatoms. The van der Waals surface area contributed by atoms with Gasteiger partial charge in [0, 0.05) is 48.3 Å². The number of nitrogens with one attached hydrogen (secondary N) is 3. The molecule has 0 unspecified atom stereocenters. The summed E-state index contributed by atoms with van der Waals surface area (Å²) in [5.74, 6) is 0.373. The molecule has 1 amide bonds. The monoisotopic (exact) mass is 514 g/mol. The fourth-order valence-corrected chi connectivity index (χ4v) is 6.70. The Labute approximate surface area is 216 Å². The molecule has 1 saturated heterocycles. The smallest absolute Gasteiger partial charge is 0.254 e. The maximum atomic E-state index is 13.0. The number of hydrogen-bond acceptors (Lipinski definition) is 8. The van der Waals surface area contributed by atoms with Crippen LogP contribution in [0.3, 0.4) is 0 Å². The number of carbonyl (C=O) groups excluding carboxylic acids is 1. The number of carbonyl (C=O) groups is 1. The molecule has 7 rings (SSSR count). The summed E-state index contributed by atoms with van der Waals surface area (Å²) in [5, 5.41) is 16.1. The number of hydrogen-bond donors (Lipinski definition) is 3. The van der Waals surface area contributed by atoms with Gasteiger partial charge in [-0.15, -0.1) is 11.3 Å². The van der Waals surface area contributed by atoms with Crippen molar-refractivity contribution in [3.63, 3.8) is 0 Å². The lowest BCUT2D eigenvalue weighted by Crippen LogP contribution is -2.16. The van der Waals surface area contributed by atoms with E-state index in [1.165, 1.54) is 4.88 Å². The molecule has 4 aromatic heterocycles. The van der Waals surface area contributed by atoms with Gasteiger partial charge in [0.15, 0.2) is 5.13 Å². The van der Waals surface area contributed by atoms with Gasteiger partial charge in [-0.1, -0.05) is 6.07 Å². The Kier molecular flexibility index (Phi) is 5.45. The molecule has 2 aliphatic rings. The molecule has 37 heavy (non-hydrogen) atoms. The predicted octanol–water partition coefficient (Wildman–Crippen LogP) is 4.80. The second kappa shape index (κ2) is 8.98. The zero-order valence-corrected chi connectivity index (χ0v) is 21.2. The van der Waals surface area contributed by atoms with Crippen LogP contribution in [0.4, 0.5) is 10.8 Å². The van der Waals surface area contributed by atoms with Crippen molar-refractivity contribution in [3.05, 3.63) is 64.6 Å². The number of ether oxygens (including phenoxy) is 1. The van der Waals surface area contributed by atoms with Crippen molar-refractivity contribution in [1.29, 1.82) is 0 Å². The molecule has 1 fully saturated rings. The van der Waals surface area contributed by atoms with Crippen LogP contribution >= 0.6 is 11.3 Å². The number of nitrogens with zero attached hydrogens (tertiary/aromatic N) is 3. The highest BCUT2D eigenvalue weighted by atomic mass is 32.1. The Hall–Kier alpha value is -3.73. The van der Waals surface area contributed by atoms with E-state index in [0.29, 0.717) is 24.6 Å². The molecular formula is C27H26N6O3S. The van der Waals surface area contributed by atoms with E-state index in [2.05, 4.69) is 27.1 Å². The van der Waals surface area contributed by atoms with Gasteiger partial charge in [-0.3, -0.25) is 4.79 Å². The zero-order valence-electron chi connectivity index (χ0n) is 20.3. The van der Waals surface area contributed by atoms with Crippen LogP contribution in [0.1, 0.15) is 45.3 Å². The van der Waals surface area contributed by atoms with Gasteiger partial charge in [0.25, 0.3) is 5.91 Å². The molecule has 5 aromatic rings. The first-order valence-electron chi connectivity index (χ1n) is 12.5. The number of furan rings is 1. The van der Waals surface area contributed by atoms with Crippen LogP contribution in [-0.2, 0) is 17.8 Å². The largest absolute Gasteiger partial charge is 0.464 e. The van der Waals surface area contributed by atoms with E-state index in [4.69, 9.17) is 14.1 Å². The van der Waals surface area contributed by atoms with Crippen LogP contribution < -0.4 is 16.0 Å². The minimum atomic E-state index is -0.0825. The van der Waals surface area contributed by atoms with Gasteiger partial charge in [-0.2, -0.15) is 5.10 Å². The van der Waals surface area contributed by atoms with E-state index in [1.54, 1.807) is 17.6 Å². The first-order valence-corrected chi connectivity index (χ1v) is 13.3. The summed E-state index contributed by atoms with van der Waals surface area (Å²) in [4.78, 5) is 19.2. The minimum absolute atomic E-state index is 0.0825. The van der Waals surface area contributed by atoms with E-state index in [9.17, 15) is 4.79 Å². The predicted molar refractivity (Wildman–Crippen MR) is 143 cm³/mol. The second-order valence-corrected chi connectivity index (χ2v) is 10.5. The lowest BCUT2D eigenvalue weighted by Gasteiger charge is -2.21. The number of rotatable bonds is 6. The van der Waals surface area contributed by atoms with Crippen LogP contribution in [0.25, 0.3) is 27.6 Å². The molecule has 0 bridgehead atoms. The van der Waals surface area contributed by atoms with Crippen molar-refractivity contribution >= 4 is 44.5 Å². The van der Waals surface area contributed by atoms with E-state index in [0.717, 1.165) is 75.7 Å². The number of fused-ring (bicyclic) bond motifs is 4. The first-order chi connectivity index (χ1) is 18.2. The fourth-order valence-electron chi connectivity index (χ4n) is 5.53. The molecule has 9 nitrogen and oxygen atoms in total. The second-order valence-electron chi connectivity index (χ2n) is 9.43. The molecule has 188 valence electrons. The van der Waals surface area contributed by atoms with Gasteiger partial charge < -0.3 is 25.1 Å². The topological polar surface area (TPSA) is 106 Å². The van der Waals surface area contributed by atoms with Crippen molar-refractivity contribution in [2.24, 2.45) is 0 Å². The van der Waals surface area contributed by atoms with E-state index >= 15 is 0 Å². The highest BCUT2D eigenvalue weighted by Crippen LogP contribution is 2.41. The Morgan fingerprint density at radius 3 is 2.95 bits per heavy atom. The minimum Gasteiger partial charge on any atom is -0.464 e. The van der Waals surface area contributed by atoms with Crippen molar-refractivity contribution in [2.75, 3.05) is 25.6 Å². The summed E-state index contributed by atoms with van der Waals surface area (Å²) in [6.45, 7) is 2.75. The van der Waals surface area contributed by atoms with Gasteiger partial charge in [-0.25, -0.2) is 9.50 Å². The van der Waals surface area contributed by atoms with Crippen LogP contribution in [0.15, 0.2) is 47.3 Å². The SMILES string of the molecule is CNCc1nc(Nc2ccc(-c3cnn4ccc5occc5c34)c3c2C(=O)NC3)sc1C1CCOCC1. The summed E-state index contributed by atoms with van der Waals surface area (Å²) < 4.78 is 13.0. The van der Waals surface area contributed by atoms with Crippen LogP contribution in [0, 0.1) is 0 Å². The van der Waals surface area contributed by atoms with Crippen LogP contribution in [0.5, 0.6) is 0 Å². The van der Waals surface area contributed by atoms with Crippen LogP contribution in [-0.4, -0.2) is 40.8 Å². The first kappa shape index (κ1) is 22.5. The maximum absolute atomic E-state index is 13.0. The molecule has 2 aliphatic heterocycles. The molecule has 0 atom stereocenters. The van der Waals surface area contributed by atoms with Crippen molar-refractivity contribution < 1.29 is 13.9 Å². The van der Waals surface area contributed by atoms with Gasteiger partial charge in [0.2, 0.25) is 0 Å². The summed E-state index contributed by atoms with van der Waals surface area (Å²) in [6, 6.07) is 7.91. The van der Waals surface area contributed by atoms with Crippen molar-refractivity contribution in [3.8, 4) is 11.1 Å². The average molecular weight is 515 g/mol. The highest BCUT2D eigenvalue weighted by molar-refractivity contribution is 7.15. The quantitative estimate of drug-likeness (QED) is 0.299. The average Bonchev–Trinajstić information content (AvgIpc) is 3.71. The van der Waals surface area contributed by atoms with Crippen LogP contribution in [0.2, 0.25) is 0 Å². The van der Waals surface area contributed by atoms with E-state index < -0.39 is 0 Å². The molecule has 6 heterocycles. The fraction of sp³-hybridized carbons (Fsp3) is 0.296. The zero-order chi connectivity index (χ0) is 24.9. The highest BCUT2D eigenvalue weighted by Gasteiger charge is 2.29. The summed E-state index contributed by atoms with van der Waals surface area (Å²) in [6.07, 6.45) is 7.46. The third kappa shape index (κ3) is 3.71. The summed E-state index contributed by atoms with van der Waals surface area (Å²) >= 11 is 1.68. The summed E-state index contributed by atoms with van der Waals surface area (Å²) in [5.41, 5.74) is 7.18. The van der Waals surface area contributed by atoms with Gasteiger partial charge >= 0.3 is 0 Å². The molecule has 1 aromatic carbocycles. The van der Waals surface area contributed by atoms with Gasteiger partial charge in [0.1, 0.15) is 5.58 Å². The van der Waals surface area contributed by atoms with E-state index in [-0.39, 0.29) is 5.91 Å².